The molecule has 0 bridgehead atoms. The summed E-state index contributed by atoms with van der Waals surface area (Å²) in [5.74, 6) is -0.365. The Labute approximate surface area is 167 Å². The van der Waals surface area contributed by atoms with Crippen molar-refractivity contribution in [1.82, 2.24) is 19.7 Å². The van der Waals surface area contributed by atoms with Gasteiger partial charge in [-0.05, 0) is 18.2 Å². The van der Waals surface area contributed by atoms with Crippen molar-refractivity contribution >= 4 is 16.9 Å². The molecule has 4 aromatic rings. The average molecular weight is 413 g/mol. The van der Waals surface area contributed by atoms with Crippen LogP contribution in [-0.4, -0.2) is 25.7 Å². The molecule has 0 aliphatic rings. The van der Waals surface area contributed by atoms with Crippen LogP contribution in [0.2, 0.25) is 0 Å². The van der Waals surface area contributed by atoms with Crippen LogP contribution in [0.1, 0.15) is 15.9 Å². The number of pyridine rings is 2. The van der Waals surface area contributed by atoms with E-state index in [4.69, 9.17) is 10.5 Å². The van der Waals surface area contributed by atoms with E-state index in [0.717, 1.165) is 17.6 Å². The first-order valence-corrected chi connectivity index (χ1v) is 8.65. The van der Waals surface area contributed by atoms with Gasteiger partial charge in [-0.1, -0.05) is 6.07 Å². The molecule has 0 spiro atoms. The van der Waals surface area contributed by atoms with Crippen molar-refractivity contribution in [2.24, 2.45) is 12.8 Å². The lowest BCUT2D eigenvalue weighted by Crippen LogP contribution is -2.18. The lowest BCUT2D eigenvalue weighted by Gasteiger charge is -2.13. The zero-order valence-corrected chi connectivity index (χ0v) is 15.5. The minimum atomic E-state index is -4.74. The van der Waals surface area contributed by atoms with Crippen molar-refractivity contribution < 1.29 is 22.7 Å². The van der Waals surface area contributed by atoms with Crippen molar-refractivity contribution in [3.63, 3.8) is 0 Å². The lowest BCUT2D eigenvalue weighted by molar-refractivity contribution is -0.137. The van der Waals surface area contributed by atoms with Gasteiger partial charge in [-0.3, -0.25) is 14.5 Å². The molecule has 152 valence electrons. The van der Waals surface area contributed by atoms with Crippen LogP contribution in [0.15, 0.2) is 55.0 Å². The summed E-state index contributed by atoms with van der Waals surface area (Å²) < 4.78 is 47.5. The molecular weight excluding hydrogens is 399 g/mol. The topological polar surface area (TPSA) is 95.9 Å². The first-order valence-electron chi connectivity index (χ1n) is 8.65. The minimum absolute atomic E-state index is 0.165. The Morgan fingerprint density at radius 2 is 1.87 bits per heavy atom. The molecule has 0 aliphatic heterocycles. The van der Waals surface area contributed by atoms with Gasteiger partial charge >= 0.3 is 6.18 Å². The summed E-state index contributed by atoms with van der Waals surface area (Å²) in [6.07, 6.45) is -0.181. The third kappa shape index (κ3) is 3.66. The van der Waals surface area contributed by atoms with Crippen LogP contribution in [0.3, 0.4) is 0 Å². The Morgan fingerprint density at radius 1 is 1.07 bits per heavy atom. The highest BCUT2D eigenvalue weighted by molar-refractivity contribution is 5.95. The molecule has 3 heterocycles. The number of aryl methyl sites for hydroxylation is 1. The number of hydrogen-bond donors (Lipinski definition) is 1. The van der Waals surface area contributed by atoms with Gasteiger partial charge in [0.05, 0.1) is 34.7 Å². The molecule has 0 fully saturated rings. The number of alkyl halides is 3. The maximum absolute atomic E-state index is 13.3. The minimum Gasteiger partial charge on any atom is -0.456 e. The number of halogens is 3. The summed E-state index contributed by atoms with van der Waals surface area (Å²) in [7, 11) is 1.77. The Morgan fingerprint density at radius 3 is 2.60 bits per heavy atom. The van der Waals surface area contributed by atoms with Crippen LogP contribution in [0.4, 0.5) is 13.2 Å². The summed E-state index contributed by atoms with van der Waals surface area (Å²) in [4.78, 5) is 19.7. The smallest absolute Gasteiger partial charge is 0.417 e. The molecule has 1 aromatic carbocycles. The molecular formula is C20H14F3N5O2. The highest BCUT2D eigenvalue weighted by Gasteiger charge is 2.35. The number of benzene rings is 1. The monoisotopic (exact) mass is 413 g/mol. The molecule has 3 aromatic heterocycles. The van der Waals surface area contributed by atoms with Crippen LogP contribution >= 0.6 is 0 Å². The average Bonchev–Trinajstić information content (AvgIpc) is 3.07. The Hall–Kier alpha value is -3.95. The standard InChI is InChI=1S/C20H14F3N5O2/c1-28-18-8-13(9-26-17(18)10-27-28)30-12-4-5-25-16(7-12)11-2-3-14(19(24)29)15(6-11)20(21,22)23/h2-10H,1H3,(H2,24,29). The fraction of sp³-hybridized carbons (Fsp3) is 0.100. The van der Waals surface area contributed by atoms with Gasteiger partial charge in [-0.2, -0.15) is 18.3 Å². The van der Waals surface area contributed by atoms with Crippen molar-refractivity contribution in [1.29, 1.82) is 0 Å². The largest absolute Gasteiger partial charge is 0.456 e. The zero-order chi connectivity index (χ0) is 21.5. The maximum atomic E-state index is 13.3. The predicted molar refractivity (Wildman–Crippen MR) is 102 cm³/mol. The Kier molecular flexibility index (Phi) is 4.61. The fourth-order valence-electron chi connectivity index (χ4n) is 2.98. The molecule has 10 heteroatoms. The predicted octanol–water partition coefficient (Wildman–Crippen LogP) is 3.94. The maximum Gasteiger partial charge on any atom is 0.417 e. The summed E-state index contributed by atoms with van der Waals surface area (Å²) >= 11 is 0. The normalized spacial score (nSPS) is 11.6. The molecule has 0 unspecified atom stereocenters. The van der Waals surface area contributed by atoms with E-state index in [1.54, 1.807) is 30.1 Å². The van der Waals surface area contributed by atoms with E-state index >= 15 is 0 Å². The van der Waals surface area contributed by atoms with Gasteiger partial charge in [-0.25, -0.2) is 4.98 Å². The van der Waals surface area contributed by atoms with Gasteiger partial charge in [0.15, 0.2) is 0 Å². The lowest BCUT2D eigenvalue weighted by atomic mass is 10.0. The van der Waals surface area contributed by atoms with Gasteiger partial charge in [-0.15, -0.1) is 0 Å². The van der Waals surface area contributed by atoms with E-state index in [9.17, 15) is 18.0 Å². The van der Waals surface area contributed by atoms with E-state index in [-0.39, 0.29) is 11.3 Å². The summed E-state index contributed by atoms with van der Waals surface area (Å²) in [6.45, 7) is 0. The molecule has 0 atom stereocenters. The quantitative estimate of drug-likeness (QED) is 0.547. The molecule has 1 amide bonds. The van der Waals surface area contributed by atoms with E-state index in [1.165, 1.54) is 24.5 Å². The Balaban J connectivity index is 1.69. The molecule has 0 saturated carbocycles. The van der Waals surface area contributed by atoms with Crippen LogP contribution < -0.4 is 10.5 Å². The SMILES string of the molecule is Cn1ncc2ncc(Oc3ccnc(-c4ccc(C(N)=O)c(C(F)(F)F)c4)c3)cc21. The number of fused-ring (bicyclic) bond motifs is 1. The van der Waals surface area contributed by atoms with Crippen LogP contribution in [0.25, 0.3) is 22.3 Å². The van der Waals surface area contributed by atoms with Gasteiger partial charge in [0.25, 0.3) is 0 Å². The molecule has 0 aliphatic carbocycles. The second-order valence-electron chi connectivity index (χ2n) is 6.44. The molecule has 0 radical (unpaired) electrons. The third-order valence-corrected chi connectivity index (χ3v) is 4.43. The number of carbonyl (C=O) groups excluding carboxylic acids is 1. The fourth-order valence-corrected chi connectivity index (χ4v) is 2.98. The number of aromatic nitrogens is 4. The van der Waals surface area contributed by atoms with E-state index < -0.39 is 23.2 Å². The number of ether oxygens (including phenoxy) is 1. The van der Waals surface area contributed by atoms with Crippen molar-refractivity contribution in [3.05, 3.63) is 66.1 Å². The van der Waals surface area contributed by atoms with Gasteiger partial charge in [0.1, 0.15) is 17.0 Å². The summed E-state index contributed by atoms with van der Waals surface area (Å²) in [6, 6.07) is 8.04. The number of nitrogens with zero attached hydrogens (tertiary/aromatic N) is 4. The number of hydrogen-bond acceptors (Lipinski definition) is 5. The molecule has 0 saturated heterocycles. The zero-order valence-electron chi connectivity index (χ0n) is 15.5. The Bertz CT molecular complexity index is 1270. The first kappa shape index (κ1) is 19.4. The van der Waals surface area contributed by atoms with Crippen LogP contribution in [0, 0.1) is 0 Å². The number of rotatable bonds is 4. The van der Waals surface area contributed by atoms with Crippen LogP contribution in [-0.2, 0) is 13.2 Å². The van der Waals surface area contributed by atoms with E-state index in [2.05, 4.69) is 15.1 Å². The van der Waals surface area contributed by atoms with Crippen molar-refractivity contribution in [3.8, 4) is 22.8 Å². The highest BCUT2D eigenvalue weighted by Crippen LogP contribution is 2.35. The van der Waals surface area contributed by atoms with Crippen LogP contribution in [0.5, 0.6) is 11.5 Å². The van der Waals surface area contributed by atoms with Crippen molar-refractivity contribution in [2.45, 2.75) is 6.18 Å². The molecule has 2 N–H and O–H groups in total. The number of primary amides is 1. The van der Waals surface area contributed by atoms with E-state index in [0.29, 0.717) is 17.0 Å². The summed E-state index contributed by atoms with van der Waals surface area (Å²) in [5, 5.41) is 4.11. The third-order valence-electron chi connectivity index (χ3n) is 4.43. The van der Waals surface area contributed by atoms with Crippen molar-refractivity contribution in [2.75, 3.05) is 0 Å². The molecule has 30 heavy (non-hydrogen) atoms. The number of amides is 1. The molecule has 4 rings (SSSR count). The van der Waals surface area contributed by atoms with Gasteiger partial charge < -0.3 is 10.5 Å². The van der Waals surface area contributed by atoms with E-state index in [1.807, 2.05) is 0 Å². The second kappa shape index (κ2) is 7.14. The van der Waals surface area contributed by atoms with Gasteiger partial charge in [0, 0.05) is 30.9 Å². The second-order valence-corrected chi connectivity index (χ2v) is 6.44. The highest BCUT2D eigenvalue weighted by atomic mass is 19.4. The number of nitrogens with two attached hydrogens (primary N) is 1. The molecule has 7 nitrogen and oxygen atoms in total. The van der Waals surface area contributed by atoms with Gasteiger partial charge in [0.2, 0.25) is 5.91 Å². The first-order chi connectivity index (χ1) is 14.2. The number of carbonyl (C=O) groups is 1. The summed E-state index contributed by atoms with van der Waals surface area (Å²) in [5.41, 5.74) is 5.21.